The van der Waals surface area contributed by atoms with Crippen LogP contribution < -0.4 is 10.6 Å². The summed E-state index contributed by atoms with van der Waals surface area (Å²) in [6.07, 6.45) is 6.14. The molecule has 2 amide bonds. The van der Waals surface area contributed by atoms with Gasteiger partial charge in [0.05, 0.1) is 5.56 Å². The molecule has 1 rings (SSSR count). The minimum atomic E-state index is -0.341. The number of phenols is 1. The summed E-state index contributed by atoms with van der Waals surface area (Å²) in [4.78, 5) is 23.4. The Morgan fingerprint density at radius 3 is 2.41 bits per heavy atom. The summed E-state index contributed by atoms with van der Waals surface area (Å²) < 4.78 is 0. The Hall–Kier alpha value is -2.04. The lowest BCUT2D eigenvalue weighted by molar-refractivity contribution is -0.121. The maximum Gasteiger partial charge on any atom is 0.255 e. The first kappa shape index (κ1) is 18.0. The van der Waals surface area contributed by atoms with Gasteiger partial charge in [0.25, 0.3) is 5.91 Å². The summed E-state index contributed by atoms with van der Waals surface area (Å²) in [5.74, 6) is -0.365. The number of benzene rings is 1. The molecule has 22 heavy (non-hydrogen) atoms. The van der Waals surface area contributed by atoms with Crippen LogP contribution in [-0.4, -0.2) is 30.0 Å². The first-order chi connectivity index (χ1) is 10.6. The number of carbonyl (C=O) groups excluding carboxylic acids is 2. The molecule has 0 saturated carbocycles. The van der Waals surface area contributed by atoms with Gasteiger partial charge in [-0.3, -0.25) is 9.59 Å². The third kappa shape index (κ3) is 7.11. The molecule has 5 heteroatoms. The zero-order valence-electron chi connectivity index (χ0n) is 13.2. The Morgan fingerprint density at radius 1 is 1.00 bits per heavy atom. The summed E-state index contributed by atoms with van der Waals surface area (Å²) in [5.41, 5.74) is 0.241. The summed E-state index contributed by atoms with van der Waals surface area (Å²) in [5, 5.41) is 15.0. The number of para-hydroxylation sites is 1. The predicted octanol–water partition coefficient (Wildman–Crippen LogP) is 2.60. The van der Waals surface area contributed by atoms with Crippen molar-refractivity contribution in [3.05, 3.63) is 29.8 Å². The van der Waals surface area contributed by atoms with Crippen LogP contribution in [0.3, 0.4) is 0 Å². The molecule has 0 saturated heterocycles. The van der Waals surface area contributed by atoms with Gasteiger partial charge >= 0.3 is 0 Å². The molecule has 3 N–H and O–H groups in total. The van der Waals surface area contributed by atoms with E-state index in [1.54, 1.807) is 18.2 Å². The maximum absolute atomic E-state index is 11.8. The lowest BCUT2D eigenvalue weighted by Crippen LogP contribution is -2.34. The highest BCUT2D eigenvalue weighted by Gasteiger charge is 2.09. The van der Waals surface area contributed by atoms with Gasteiger partial charge in [0.15, 0.2) is 0 Å². The average Bonchev–Trinajstić information content (AvgIpc) is 2.51. The van der Waals surface area contributed by atoms with Crippen molar-refractivity contribution in [3.8, 4) is 5.75 Å². The molecule has 0 fully saturated rings. The number of rotatable bonds is 10. The van der Waals surface area contributed by atoms with E-state index in [1.807, 2.05) is 0 Å². The maximum atomic E-state index is 11.8. The molecule has 0 spiro atoms. The summed E-state index contributed by atoms with van der Waals surface area (Å²) >= 11 is 0. The molecule has 0 radical (unpaired) electrons. The van der Waals surface area contributed by atoms with Crippen LogP contribution in [-0.2, 0) is 4.79 Å². The number of hydrogen-bond donors (Lipinski definition) is 3. The molecule has 1 aromatic rings. The molecule has 0 aromatic heterocycles. The van der Waals surface area contributed by atoms with Crippen LogP contribution in [0.2, 0.25) is 0 Å². The van der Waals surface area contributed by atoms with Gasteiger partial charge in [-0.25, -0.2) is 0 Å². The van der Waals surface area contributed by atoms with Crippen LogP contribution in [0.1, 0.15) is 55.8 Å². The fourth-order valence-corrected chi connectivity index (χ4v) is 2.12. The summed E-state index contributed by atoms with van der Waals surface area (Å²) in [6, 6.07) is 6.37. The summed E-state index contributed by atoms with van der Waals surface area (Å²) in [6.45, 7) is 2.90. The van der Waals surface area contributed by atoms with E-state index in [0.717, 1.165) is 12.8 Å². The van der Waals surface area contributed by atoms with Gasteiger partial charge in [0.1, 0.15) is 5.75 Å². The minimum absolute atomic E-state index is 0.0216. The van der Waals surface area contributed by atoms with Crippen molar-refractivity contribution in [1.29, 1.82) is 0 Å². The smallest absolute Gasteiger partial charge is 0.255 e. The number of amides is 2. The van der Waals surface area contributed by atoms with Gasteiger partial charge in [-0.05, 0) is 18.6 Å². The largest absolute Gasteiger partial charge is 0.507 e. The molecule has 0 heterocycles. The zero-order valence-corrected chi connectivity index (χ0v) is 13.2. The van der Waals surface area contributed by atoms with Crippen molar-refractivity contribution in [2.24, 2.45) is 0 Å². The Kier molecular flexibility index (Phi) is 8.72. The standard InChI is InChI=1S/C17H26N2O3/c1-2-3-4-5-6-11-16(21)18-12-13-19-17(22)14-9-7-8-10-15(14)20/h7-10,20H,2-6,11-13H2,1H3,(H,18,21)(H,19,22). The molecule has 0 aliphatic rings. The van der Waals surface area contributed by atoms with E-state index in [2.05, 4.69) is 17.6 Å². The predicted molar refractivity (Wildman–Crippen MR) is 86.8 cm³/mol. The Morgan fingerprint density at radius 2 is 1.68 bits per heavy atom. The van der Waals surface area contributed by atoms with Crippen LogP contribution in [0.4, 0.5) is 0 Å². The Labute approximate surface area is 132 Å². The molecular weight excluding hydrogens is 280 g/mol. The number of unbranched alkanes of at least 4 members (excludes halogenated alkanes) is 4. The second-order valence-corrected chi connectivity index (χ2v) is 5.29. The molecule has 0 unspecified atom stereocenters. The first-order valence-corrected chi connectivity index (χ1v) is 7.98. The van der Waals surface area contributed by atoms with E-state index in [0.29, 0.717) is 19.5 Å². The van der Waals surface area contributed by atoms with Crippen LogP contribution >= 0.6 is 0 Å². The molecule has 0 atom stereocenters. The van der Waals surface area contributed by atoms with Crippen LogP contribution in [0.25, 0.3) is 0 Å². The van der Waals surface area contributed by atoms with Gasteiger partial charge in [-0.15, -0.1) is 0 Å². The third-order valence-corrected chi connectivity index (χ3v) is 3.39. The van der Waals surface area contributed by atoms with E-state index in [4.69, 9.17) is 0 Å². The number of hydrogen-bond acceptors (Lipinski definition) is 3. The molecule has 122 valence electrons. The lowest BCUT2D eigenvalue weighted by atomic mass is 10.1. The fraction of sp³-hybridized carbons (Fsp3) is 0.529. The van der Waals surface area contributed by atoms with Crippen molar-refractivity contribution in [2.45, 2.75) is 45.4 Å². The average molecular weight is 306 g/mol. The molecule has 0 aliphatic heterocycles. The monoisotopic (exact) mass is 306 g/mol. The second-order valence-electron chi connectivity index (χ2n) is 5.29. The minimum Gasteiger partial charge on any atom is -0.507 e. The van der Waals surface area contributed by atoms with Crippen molar-refractivity contribution >= 4 is 11.8 Å². The molecule has 0 aliphatic carbocycles. The Balaban J connectivity index is 2.11. The number of carbonyl (C=O) groups is 2. The van der Waals surface area contributed by atoms with Gasteiger partial charge in [-0.2, -0.15) is 0 Å². The lowest BCUT2D eigenvalue weighted by Gasteiger charge is -2.08. The van der Waals surface area contributed by atoms with Gasteiger partial charge in [0, 0.05) is 19.5 Å². The number of nitrogens with one attached hydrogen (secondary N) is 2. The van der Waals surface area contributed by atoms with E-state index >= 15 is 0 Å². The second kappa shape index (κ2) is 10.7. The molecule has 1 aromatic carbocycles. The first-order valence-electron chi connectivity index (χ1n) is 7.98. The highest BCUT2D eigenvalue weighted by molar-refractivity contribution is 5.96. The normalized spacial score (nSPS) is 10.2. The topological polar surface area (TPSA) is 78.4 Å². The quantitative estimate of drug-likeness (QED) is 0.581. The van der Waals surface area contributed by atoms with Crippen LogP contribution in [0.15, 0.2) is 24.3 Å². The third-order valence-electron chi connectivity index (χ3n) is 3.39. The van der Waals surface area contributed by atoms with Crippen molar-refractivity contribution in [3.63, 3.8) is 0 Å². The number of phenolic OH excluding ortho intramolecular Hbond substituents is 1. The van der Waals surface area contributed by atoms with Gasteiger partial charge in [0.2, 0.25) is 5.91 Å². The van der Waals surface area contributed by atoms with E-state index in [1.165, 1.54) is 25.3 Å². The van der Waals surface area contributed by atoms with E-state index in [9.17, 15) is 14.7 Å². The molecular formula is C17H26N2O3. The highest BCUT2D eigenvalue weighted by Crippen LogP contribution is 2.14. The Bertz CT molecular complexity index is 475. The van der Waals surface area contributed by atoms with Gasteiger partial charge < -0.3 is 15.7 Å². The van der Waals surface area contributed by atoms with Crippen molar-refractivity contribution < 1.29 is 14.7 Å². The van der Waals surface area contributed by atoms with Gasteiger partial charge in [-0.1, -0.05) is 44.7 Å². The van der Waals surface area contributed by atoms with E-state index < -0.39 is 0 Å². The number of aromatic hydroxyl groups is 1. The SMILES string of the molecule is CCCCCCCC(=O)NCCNC(=O)c1ccccc1O. The molecule has 5 nitrogen and oxygen atoms in total. The van der Waals surface area contributed by atoms with Crippen molar-refractivity contribution in [2.75, 3.05) is 13.1 Å². The van der Waals surface area contributed by atoms with Crippen LogP contribution in [0, 0.1) is 0 Å². The van der Waals surface area contributed by atoms with E-state index in [-0.39, 0.29) is 23.1 Å². The molecule has 0 bridgehead atoms. The van der Waals surface area contributed by atoms with Crippen molar-refractivity contribution in [1.82, 2.24) is 10.6 Å². The van der Waals surface area contributed by atoms with Crippen LogP contribution in [0.5, 0.6) is 5.75 Å². The summed E-state index contributed by atoms with van der Waals surface area (Å²) in [7, 11) is 0. The fourth-order valence-electron chi connectivity index (χ4n) is 2.12. The highest BCUT2D eigenvalue weighted by atomic mass is 16.3. The zero-order chi connectivity index (χ0) is 16.2.